The number of hydrogen-bond acceptors (Lipinski definition) is 5. The number of thioether (sulfide) groups is 1. The number of terminal acetylenes is 1. The van der Waals surface area contributed by atoms with Gasteiger partial charge in [-0.1, -0.05) is 48.0 Å². The van der Waals surface area contributed by atoms with Crippen LogP contribution in [0.3, 0.4) is 0 Å². The van der Waals surface area contributed by atoms with E-state index in [-0.39, 0.29) is 18.2 Å². The highest BCUT2D eigenvalue weighted by molar-refractivity contribution is 7.99. The van der Waals surface area contributed by atoms with Crippen LogP contribution in [0.2, 0.25) is 0 Å². The van der Waals surface area contributed by atoms with Gasteiger partial charge in [0.15, 0.2) is 11.0 Å². The minimum absolute atomic E-state index is 0.142. The highest BCUT2D eigenvalue weighted by atomic mass is 32.2. The van der Waals surface area contributed by atoms with E-state index in [1.54, 1.807) is 6.26 Å². The van der Waals surface area contributed by atoms with Gasteiger partial charge in [0.05, 0.1) is 25.1 Å². The molecule has 0 aliphatic carbocycles. The van der Waals surface area contributed by atoms with Crippen molar-refractivity contribution in [2.75, 3.05) is 12.3 Å². The van der Waals surface area contributed by atoms with Gasteiger partial charge in [0, 0.05) is 5.56 Å². The molecule has 0 aliphatic rings. The maximum atomic E-state index is 11.8. The molecule has 126 valence electrons. The maximum Gasteiger partial charge on any atom is 0.231 e. The third kappa shape index (κ3) is 4.31. The Morgan fingerprint density at radius 1 is 1.24 bits per heavy atom. The molecule has 1 amide bonds. The zero-order valence-electron chi connectivity index (χ0n) is 13.4. The lowest BCUT2D eigenvalue weighted by Crippen LogP contribution is -2.25. The number of benzene rings is 1. The summed E-state index contributed by atoms with van der Waals surface area (Å²) in [6.45, 7) is 0.701. The molecule has 1 aromatic carbocycles. The summed E-state index contributed by atoms with van der Waals surface area (Å²) in [6, 6.07) is 13.5. The lowest BCUT2D eigenvalue weighted by atomic mass is 10.2. The molecule has 7 heteroatoms. The summed E-state index contributed by atoms with van der Waals surface area (Å²) in [5.41, 5.74) is 0.949. The zero-order valence-corrected chi connectivity index (χ0v) is 14.2. The Morgan fingerprint density at radius 2 is 2.08 bits per heavy atom. The van der Waals surface area contributed by atoms with Crippen molar-refractivity contribution in [1.82, 2.24) is 20.1 Å². The Hall–Kier alpha value is -2.98. The van der Waals surface area contributed by atoms with E-state index in [2.05, 4.69) is 21.4 Å². The van der Waals surface area contributed by atoms with Crippen molar-refractivity contribution < 1.29 is 9.21 Å². The van der Waals surface area contributed by atoms with Crippen molar-refractivity contribution >= 4 is 17.7 Å². The topological polar surface area (TPSA) is 73.0 Å². The molecule has 6 nitrogen and oxygen atoms in total. The van der Waals surface area contributed by atoms with Gasteiger partial charge in [-0.2, -0.15) is 0 Å². The van der Waals surface area contributed by atoms with Crippen molar-refractivity contribution in [3.8, 4) is 23.7 Å². The number of amides is 1. The van der Waals surface area contributed by atoms with Gasteiger partial charge >= 0.3 is 0 Å². The molecule has 0 unspecified atom stereocenters. The molecule has 0 saturated carbocycles. The average Bonchev–Trinajstić information content (AvgIpc) is 3.29. The summed E-state index contributed by atoms with van der Waals surface area (Å²) in [5, 5.41) is 11.8. The van der Waals surface area contributed by atoms with Crippen LogP contribution in [0.15, 0.2) is 58.3 Å². The van der Waals surface area contributed by atoms with Crippen LogP contribution in [0.25, 0.3) is 11.4 Å². The first-order chi connectivity index (χ1) is 12.3. The summed E-state index contributed by atoms with van der Waals surface area (Å²) in [7, 11) is 0. The van der Waals surface area contributed by atoms with E-state index in [9.17, 15) is 4.79 Å². The van der Waals surface area contributed by atoms with Crippen LogP contribution in [-0.2, 0) is 11.3 Å². The molecular formula is C18H16N4O2S. The predicted octanol–water partition coefficient (Wildman–Crippen LogP) is 2.43. The fourth-order valence-electron chi connectivity index (χ4n) is 2.23. The number of carbonyl (C=O) groups is 1. The van der Waals surface area contributed by atoms with Crippen LogP contribution < -0.4 is 5.32 Å². The molecule has 0 saturated heterocycles. The number of aromatic nitrogens is 3. The van der Waals surface area contributed by atoms with Crippen LogP contribution in [-0.4, -0.2) is 33.0 Å². The molecule has 2 aromatic heterocycles. The second kappa shape index (κ2) is 8.22. The van der Waals surface area contributed by atoms with Gasteiger partial charge < -0.3 is 9.73 Å². The van der Waals surface area contributed by atoms with Gasteiger partial charge in [-0.15, -0.1) is 16.6 Å². The molecule has 25 heavy (non-hydrogen) atoms. The molecule has 1 N–H and O–H groups in total. The molecule has 0 bridgehead atoms. The molecule has 3 rings (SSSR count). The molecule has 2 heterocycles. The number of rotatable bonds is 7. The Bertz CT molecular complexity index is 866. The predicted molar refractivity (Wildman–Crippen MR) is 95.8 cm³/mol. The number of nitrogens with one attached hydrogen (secondary N) is 1. The van der Waals surface area contributed by atoms with Crippen molar-refractivity contribution in [1.29, 1.82) is 0 Å². The van der Waals surface area contributed by atoms with E-state index < -0.39 is 0 Å². The van der Waals surface area contributed by atoms with E-state index >= 15 is 0 Å². The standard InChI is InChI=1S/C18H16N4O2S/c1-2-10-19-16(23)13-25-18-21-20-17(14-7-4-3-5-8-14)22(18)12-15-9-6-11-24-15/h1,3-9,11H,10,12-13H2,(H,19,23). The van der Waals surface area contributed by atoms with Crippen molar-refractivity contribution in [3.05, 3.63) is 54.5 Å². The van der Waals surface area contributed by atoms with Crippen LogP contribution in [0.1, 0.15) is 5.76 Å². The largest absolute Gasteiger partial charge is 0.467 e. The molecule has 0 atom stereocenters. The van der Waals surface area contributed by atoms with Crippen molar-refractivity contribution in [2.45, 2.75) is 11.7 Å². The number of carbonyl (C=O) groups excluding carboxylic acids is 1. The summed E-state index contributed by atoms with van der Waals surface area (Å²) >= 11 is 1.31. The lowest BCUT2D eigenvalue weighted by molar-refractivity contribution is -0.118. The summed E-state index contributed by atoms with van der Waals surface area (Å²) in [5.74, 6) is 3.96. The summed E-state index contributed by atoms with van der Waals surface area (Å²) in [4.78, 5) is 11.8. The minimum atomic E-state index is -0.142. The lowest BCUT2D eigenvalue weighted by Gasteiger charge is -2.08. The van der Waals surface area contributed by atoms with E-state index in [1.165, 1.54) is 11.8 Å². The van der Waals surface area contributed by atoms with E-state index in [0.29, 0.717) is 11.7 Å². The first kappa shape index (κ1) is 16.9. The Balaban J connectivity index is 1.83. The van der Waals surface area contributed by atoms with Gasteiger partial charge in [0.1, 0.15) is 5.76 Å². The van der Waals surface area contributed by atoms with Gasteiger partial charge in [-0.25, -0.2) is 0 Å². The minimum Gasteiger partial charge on any atom is -0.467 e. The highest BCUT2D eigenvalue weighted by Gasteiger charge is 2.16. The number of hydrogen-bond donors (Lipinski definition) is 1. The molecule has 3 aromatic rings. The van der Waals surface area contributed by atoms with Gasteiger partial charge in [0.25, 0.3) is 0 Å². The summed E-state index contributed by atoms with van der Waals surface area (Å²) < 4.78 is 7.38. The van der Waals surface area contributed by atoms with Gasteiger partial charge in [-0.3, -0.25) is 9.36 Å². The van der Waals surface area contributed by atoms with E-state index in [0.717, 1.165) is 17.1 Å². The van der Waals surface area contributed by atoms with E-state index in [4.69, 9.17) is 10.8 Å². The van der Waals surface area contributed by atoms with Gasteiger partial charge in [0.2, 0.25) is 5.91 Å². The van der Waals surface area contributed by atoms with Crippen LogP contribution in [0, 0.1) is 12.3 Å². The van der Waals surface area contributed by atoms with E-state index in [1.807, 2.05) is 47.0 Å². The average molecular weight is 352 g/mol. The molecule has 0 spiro atoms. The first-order valence-electron chi connectivity index (χ1n) is 7.62. The normalized spacial score (nSPS) is 10.4. The SMILES string of the molecule is C#CCNC(=O)CSc1nnc(-c2ccccc2)n1Cc1ccco1. The molecule has 0 aliphatic heterocycles. The second-order valence-corrected chi connectivity index (χ2v) is 6.05. The summed E-state index contributed by atoms with van der Waals surface area (Å²) in [6.07, 6.45) is 6.77. The third-order valence-corrected chi connectivity index (χ3v) is 4.33. The zero-order chi connectivity index (χ0) is 17.5. The molecule has 0 fully saturated rings. The second-order valence-electron chi connectivity index (χ2n) is 5.11. The Labute approximate surface area is 149 Å². The van der Waals surface area contributed by atoms with Crippen molar-refractivity contribution in [3.63, 3.8) is 0 Å². The maximum absolute atomic E-state index is 11.8. The quantitative estimate of drug-likeness (QED) is 0.522. The smallest absolute Gasteiger partial charge is 0.231 e. The van der Waals surface area contributed by atoms with Crippen molar-refractivity contribution in [2.24, 2.45) is 0 Å². The number of furan rings is 1. The highest BCUT2D eigenvalue weighted by Crippen LogP contribution is 2.25. The Morgan fingerprint density at radius 3 is 2.80 bits per heavy atom. The fourth-order valence-corrected chi connectivity index (χ4v) is 3.00. The fraction of sp³-hybridized carbons (Fsp3) is 0.167. The van der Waals surface area contributed by atoms with Gasteiger partial charge in [-0.05, 0) is 12.1 Å². The van der Waals surface area contributed by atoms with Crippen LogP contribution in [0.4, 0.5) is 0 Å². The van der Waals surface area contributed by atoms with Crippen LogP contribution >= 0.6 is 11.8 Å². The Kier molecular flexibility index (Phi) is 5.54. The monoisotopic (exact) mass is 352 g/mol. The third-order valence-electron chi connectivity index (χ3n) is 3.36. The number of nitrogens with zero attached hydrogens (tertiary/aromatic N) is 3. The molecular weight excluding hydrogens is 336 g/mol. The van der Waals surface area contributed by atoms with Crippen LogP contribution in [0.5, 0.6) is 0 Å². The molecule has 0 radical (unpaired) electrons. The first-order valence-corrected chi connectivity index (χ1v) is 8.60.